The van der Waals surface area contributed by atoms with E-state index in [0.29, 0.717) is 0 Å². The zero-order chi connectivity index (χ0) is 13.1. The van der Waals surface area contributed by atoms with Gasteiger partial charge in [-0.3, -0.25) is 4.57 Å². The standard InChI is InChI=1S/C15H14N4/c1-12-7-8-14(13-5-3-2-4-6-13)18-15(17-12)19-10-9-16-11-19/h2-6,8-11H,1,7H2,(H,17,18). The molecule has 0 saturated carbocycles. The molecule has 0 saturated heterocycles. The third kappa shape index (κ3) is 2.47. The highest BCUT2D eigenvalue weighted by Gasteiger charge is 2.10. The Labute approximate surface area is 111 Å². The first-order valence-electron chi connectivity index (χ1n) is 6.10. The van der Waals surface area contributed by atoms with Gasteiger partial charge in [0.1, 0.15) is 6.33 Å². The molecule has 2 aromatic rings. The molecule has 4 nitrogen and oxygen atoms in total. The summed E-state index contributed by atoms with van der Waals surface area (Å²) in [6.45, 7) is 3.99. The van der Waals surface area contributed by atoms with E-state index in [9.17, 15) is 0 Å². The first kappa shape index (κ1) is 11.5. The van der Waals surface area contributed by atoms with Gasteiger partial charge in [-0.2, -0.15) is 0 Å². The smallest absolute Gasteiger partial charge is 0.213 e. The summed E-state index contributed by atoms with van der Waals surface area (Å²) >= 11 is 0. The van der Waals surface area contributed by atoms with E-state index in [2.05, 4.69) is 40.1 Å². The summed E-state index contributed by atoms with van der Waals surface area (Å²) in [7, 11) is 0. The minimum absolute atomic E-state index is 0.718. The maximum absolute atomic E-state index is 4.67. The summed E-state index contributed by atoms with van der Waals surface area (Å²) in [6, 6.07) is 10.1. The summed E-state index contributed by atoms with van der Waals surface area (Å²) in [5, 5.41) is 3.21. The minimum Gasteiger partial charge on any atom is -0.329 e. The second kappa shape index (κ2) is 4.94. The number of aromatic nitrogens is 2. The molecule has 1 aromatic carbocycles. The van der Waals surface area contributed by atoms with Gasteiger partial charge in [0.15, 0.2) is 0 Å². The quantitative estimate of drug-likeness (QED) is 0.845. The second-order valence-electron chi connectivity index (χ2n) is 4.29. The molecule has 0 unspecified atom stereocenters. The SMILES string of the molecule is C=C1CC=C(c2ccccc2)N=C(n2ccnc2)N1. The Kier molecular flexibility index (Phi) is 2.98. The number of allylic oxidation sites excluding steroid dienone is 1. The Morgan fingerprint density at radius 1 is 1.21 bits per heavy atom. The molecule has 19 heavy (non-hydrogen) atoms. The van der Waals surface area contributed by atoms with Gasteiger partial charge in [0, 0.05) is 24.5 Å². The van der Waals surface area contributed by atoms with Crippen LogP contribution in [0.4, 0.5) is 0 Å². The monoisotopic (exact) mass is 250 g/mol. The largest absolute Gasteiger partial charge is 0.329 e. The molecule has 2 heterocycles. The lowest BCUT2D eigenvalue weighted by molar-refractivity contribution is 0.976. The normalized spacial score (nSPS) is 15.3. The maximum Gasteiger partial charge on any atom is 0.213 e. The number of benzene rings is 1. The van der Waals surface area contributed by atoms with Crippen LogP contribution in [0.15, 0.2) is 72.4 Å². The van der Waals surface area contributed by atoms with Gasteiger partial charge in [-0.25, -0.2) is 9.98 Å². The van der Waals surface area contributed by atoms with Crippen molar-refractivity contribution in [1.82, 2.24) is 14.9 Å². The van der Waals surface area contributed by atoms with Crippen molar-refractivity contribution in [2.75, 3.05) is 0 Å². The molecular formula is C15H14N4. The van der Waals surface area contributed by atoms with Crippen LogP contribution in [0.5, 0.6) is 0 Å². The van der Waals surface area contributed by atoms with Crippen molar-refractivity contribution in [3.8, 4) is 0 Å². The molecule has 0 radical (unpaired) electrons. The summed E-state index contributed by atoms with van der Waals surface area (Å²) in [6.07, 6.45) is 8.13. The minimum atomic E-state index is 0.718. The Morgan fingerprint density at radius 2 is 2.05 bits per heavy atom. The average molecular weight is 250 g/mol. The first-order chi connectivity index (χ1) is 9.33. The van der Waals surface area contributed by atoms with E-state index >= 15 is 0 Å². The number of hydrogen-bond acceptors (Lipinski definition) is 3. The number of nitrogens with zero attached hydrogens (tertiary/aromatic N) is 3. The van der Waals surface area contributed by atoms with Crippen LogP contribution in [-0.4, -0.2) is 15.5 Å². The Bertz CT molecular complexity index is 636. The first-order valence-corrected chi connectivity index (χ1v) is 6.10. The molecule has 0 bridgehead atoms. The van der Waals surface area contributed by atoms with Gasteiger partial charge in [0.25, 0.3) is 0 Å². The molecule has 3 rings (SSSR count). The molecular weight excluding hydrogens is 236 g/mol. The zero-order valence-electron chi connectivity index (χ0n) is 10.5. The molecule has 0 amide bonds. The fourth-order valence-electron chi connectivity index (χ4n) is 1.91. The molecule has 94 valence electrons. The molecule has 1 N–H and O–H groups in total. The van der Waals surface area contributed by atoms with Crippen molar-refractivity contribution in [2.45, 2.75) is 6.42 Å². The van der Waals surface area contributed by atoms with Crippen LogP contribution >= 0.6 is 0 Å². The number of aliphatic imine (C=N–C) groups is 1. The Balaban J connectivity index is 2.03. The molecule has 0 fully saturated rings. The Morgan fingerprint density at radius 3 is 2.79 bits per heavy atom. The zero-order valence-corrected chi connectivity index (χ0v) is 10.5. The van der Waals surface area contributed by atoms with E-state index < -0.39 is 0 Å². The third-order valence-electron chi connectivity index (χ3n) is 2.88. The third-order valence-corrected chi connectivity index (χ3v) is 2.88. The van der Waals surface area contributed by atoms with Crippen LogP contribution in [0.2, 0.25) is 0 Å². The highest BCUT2D eigenvalue weighted by atomic mass is 15.2. The van der Waals surface area contributed by atoms with Gasteiger partial charge in [-0.1, -0.05) is 43.0 Å². The number of hydrogen-bond donors (Lipinski definition) is 1. The van der Waals surface area contributed by atoms with E-state index in [-0.39, 0.29) is 0 Å². The van der Waals surface area contributed by atoms with E-state index in [0.717, 1.165) is 29.3 Å². The van der Waals surface area contributed by atoms with Gasteiger partial charge < -0.3 is 5.32 Å². The van der Waals surface area contributed by atoms with Crippen LogP contribution in [0, 0.1) is 0 Å². The number of nitrogens with one attached hydrogen (secondary N) is 1. The highest BCUT2D eigenvalue weighted by molar-refractivity contribution is 5.90. The van der Waals surface area contributed by atoms with Gasteiger partial charge in [-0.05, 0) is 5.56 Å². The lowest BCUT2D eigenvalue weighted by Crippen LogP contribution is -2.27. The van der Waals surface area contributed by atoms with E-state index in [1.54, 1.807) is 12.5 Å². The summed E-state index contributed by atoms with van der Waals surface area (Å²) < 4.78 is 1.84. The van der Waals surface area contributed by atoms with Crippen LogP contribution in [0.1, 0.15) is 12.0 Å². The van der Waals surface area contributed by atoms with Crippen LogP contribution in [-0.2, 0) is 0 Å². The average Bonchev–Trinajstić information content (AvgIpc) is 2.90. The Hall–Kier alpha value is -2.62. The summed E-state index contributed by atoms with van der Waals surface area (Å²) in [5.41, 5.74) is 2.95. The predicted molar refractivity (Wildman–Crippen MR) is 76.4 cm³/mol. The van der Waals surface area contributed by atoms with E-state index in [1.165, 1.54) is 0 Å². The second-order valence-corrected chi connectivity index (χ2v) is 4.29. The van der Waals surface area contributed by atoms with Crippen LogP contribution < -0.4 is 5.32 Å². The number of rotatable bonds is 1. The van der Waals surface area contributed by atoms with Crippen molar-refractivity contribution in [1.29, 1.82) is 0 Å². The van der Waals surface area contributed by atoms with Crippen molar-refractivity contribution >= 4 is 11.7 Å². The van der Waals surface area contributed by atoms with Crippen LogP contribution in [0.25, 0.3) is 5.70 Å². The molecule has 4 heteroatoms. The molecule has 1 aliphatic rings. The van der Waals surface area contributed by atoms with Gasteiger partial charge >= 0.3 is 0 Å². The lowest BCUT2D eigenvalue weighted by Gasteiger charge is -2.09. The molecule has 1 aliphatic heterocycles. The highest BCUT2D eigenvalue weighted by Crippen LogP contribution is 2.19. The molecule has 0 aliphatic carbocycles. The van der Waals surface area contributed by atoms with Gasteiger partial charge in [0.2, 0.25) is 5.96 Å². The van der Waals surface area contributed by atoms with Gasteiger partial charge in [-0.15, -0.1) is 0 Å². The number of imidazole rings is 1. The lowest BCUT2D eigenvalue weighted by atomic mass is 10.1. The van der Waals surface area contributed by atoms with Crippen molar-refractivity contribution in [3.63, 3.8) is 0 Å². The van der Waals surface area contributed by atoms with Crippen molar-refractivity contribution in [3.05, 3.63) is 73.0 Å². The summed E-state index contributed by atoms with van der Waals surface area (Å²) in [5.74, 6) is 0.718. The fraction of sp³-hybridized carbons (Fsp3) is 0.0667. The molecule has 0 spiro atoms. The van der Waals surface area contributed by atoms with E-state index in [4.69, 9.17) is 0 Å². The predicted octanol–water partition coefficient (Wildman–Crippen LogP) is 2.64. The molecule has 0 atom stereocenters. The fourth-order valence-corrected chi connectivity index (χ4v) is 1.91. The van der Waals surface area contributed by atoms with E-state index in [1.807, 2.05) is 29.0 Å². The van der Waals surface area contributed by atoms with Gasteiger partial charge in [0.05, 0.1) is 5.70 Å². The topological polar surface area (TPSA) is 42.2 Å². The van der Waals surface area contributed by atoms with Crippen molar-refractivity contribution in [2.24, 2.45) is 4.99 Å². The van der Waals surface area contributed by atoms with Crippen molar-refractivity contribution < 1.29 is 0 Å². The van der Waals surface area contributed by atoms with Crippen LogP contribution in [0.3, 0.4) is 0 Å². The summed E-state index contributed by atoms with van der Waals surface area (Å²) in [4.78, 5) is 8.71. The maximum atomic E-state index is 4.67. The molecule has 1 aromatic heterocycles.